The summed E-state index contributed by atoms with van der Waals surface area (Å²) >= 11 is -12.1. The van der Waals surface area contributed by atoms with Crippen LogP contribution in [0, 0.1) is 0 Å². The fourth-order valence-corrected chi connectivity index (χ4v) is 1.74. The summed E-state index contributed by atoms with van der Waals surface area (Å²) < 4.78 is 58.9. The summed E-state index contributed by atoms with van der Waals surface area (Å²) in [7, 11) is 0. The summed E-state index contributed by atoms with van der Waals surface area (Å²) in [6.45, 7) is 0. The molecule has 0 aliphatic rings. The Hall–Kier alpha value is 1.52. The van der Waals surface area contributed by atoms with E-state index in [1.807, 2.05) is 0 Å². The van der Waals surface area contributed by atoms with Crippen LogP contribution in [0.15, 0.2) is 0 Å². The van der Waals surface area contributed by atoms with Gasteiger partial charge in [0.25, 0.3) is 0 Å². The van der Waals surface area contributed by atoms with Crippen molar-refractivity contribution in [1.82, 2.24) is 0 Å². The Labute approximate surface area is 127 Å². The minimum atomic E-state index is -6.07. The molecule has 0 bridgehead atoms. The molecule has 14 heavy (non-hydrogen) atoms. The average Bonchev–Trinajstić information content (AvgIpc) is 1.53. The van der Waals surface area contributed by atoms with Crippen molar-refractivity contribution < 1.29 is 122 Å². The SMILES string of the molecule is O=C=O.[Na+].[Na+].[O]=[Cr](=[O])([O-])[O][Cr](=[O])(=[O])[O-]. The fourth-order valence-electron chi connectivity index (χ4n) is 0.102. The van der Waals surface area contributed by atoms with Gasteiger partial charge in [-0.2, -0.15) is 9.59 Å². The normalized spacial score (nSPS) is 9.29. The summed E-state index contributed by atoms with van der Waals surface area (Å²) in [5.74, 6) is 0. The van der Waals surface area contributed by atoms with Gasteiger partial charge in [-0.25, -0.2) is 0 Å². The summed E-state index contributed by atoms with van der Waals surface area (Å²) in [6, 6.07) is 0. The van der Waals surface area contributed by atoms with Crippen molar-refractivity contribution in [3.05, 3.63) is 0 Å². The Bertz CT molecular complexity index is 314. The van der Waals surface area contributed by atoms with Gasteiger partial charge in [-0.1, -0.05) is 0 Å². The Kier molecular flexibility index (Phi) is 19.4. The zero-order valence-electron chi connectivity index (χ0n) is 6.99. The van der Waals surface area contributed by atoms with E-state index in [1.54, 1.807) is 0 Å². The van der Waals surface area contributed by atoms with Gasteiger partial charge in [0.2, 0.25) is 0 Å². The standard InChI is InChI=1S/CO2.2Cr.2Na.7O/c2-1-3;;;;;;;;;;;/q;;;2*+1;;;;;;2*-1. The molecule has 72 valence electrons. The van der Waals surface area contributed by atoms with Crippen LogP contribution in [0.25, 0.3) is 0 Å². The van der Waals surface area contributed by atoms with Crippen molar-refractivity contribution >= 4 is 6.15 Å². The van der Waals surface area contributed by atoms with Crippen molar-refractivity contribution in [3.63, 3.8) is 0 Å². The molecule has 0 saturated carbocycles. The minimum absolute atomic E-state index is 0. The molecule has 0 aromatic heterocycles. The quantitative estimate of drug-likeness (QED) is 0.451. The number of rotatable bonds is 2. The van der Waals surface area contributed by atoms with E-state index in [-0.39, 0.29) is 65.3 Å². The average molecular weight is 306 g/mol. The Morgan fingerprint density at radius 1 is 0.857 bits per heavy atom. The van der Waals surface area contributed by atoms with Gasteiger partial charge in [0, 0.05) is 0 Å². The molecule has 0 aliphatic carbocycles. The second-order valence-electron chi connectivity index (χ2n) is 0.968. The molecule has 0 unspecified atom stereocenters. The van der Waals surface area contributed by atoms with Gasteiger partial charge in [0.15, 0.2) is 0 Å². The molecule has 0 aromatic rings. The molecule has 0 radical (unpaired) electrons. The first-order chi connectivity index (χ1) is 5.12. The fraction of sp³-hybridized carbons (Fsp3) is 0. The maximum atomic E-state index is 9.38. The molecule has 13 heteroatoms. The van der Waals surface area contributed by atoms with E-state index in [4.69, 9.17) is 9.59 Å². The first kappa shape index (κ1) is 24.7. The van der Waals surface area contributed by atoms with Crippen LogP contribution in [-0.2, 0) is 54.9 Å². The molecular formula is CCr2Na2O9. The van der Waals surface area contributed by atoms with E-state index in [2.05, 4.69) is 2.84 Å². The number of carbonyl (C=O) groups excluding carboxylic acids is 2. The summed E-state index contributed by atoms with van der Waals surface area (Å²) in [5, 5.41) is 0. The van der Waals surface area contributed by atoms with Gasteiger partial charge < -0.3 is 0 Å². The summed E-state index contributed by atoms with van der Waals surface area (Å²) in [4.78, 5) is 16.2. The van der Waals surface area contributed by atoms with Gasteiger partial charge in [0.1, 0.15) is 0 Å². The third kappa shape index (κ3) is 37.5. The molecule has 0 amide bonds. The second-order valence-corrected chi connectivity index (χ2v) is 4.61. The molecule has 0 rings (SSSR count). The van der Waals surface area contributed by atoms with Crippen molar-refractivity contribution in [2.24, 2.45) is 0 Å². The van der Waals surface area contributed by atoms with Crippen molar-refractivity contribution in [2.75, 3.05) is 0 Å². The van der Waals surface area contributed by atoms with E-state index in [9.17, 15) is 23.5 Å². The van der Waals surface area contributed by atoms with Crippen LogP contribution in [0.5, 0.6) is 0 Å². The first-order valence-electron chi connectivity index (χ1n) is 1.74. The van der Waals surface area contributed by atoms with Crippen molar-refractivity contribution in [2.45, 2.75) is 0 Å². The van der Waals surface area contributed by atoms with E-state index in [1.165, 1.54) is 0 Å². The van der Waals surface area contributed by atoms with Crippen LogP contribution in [0.2, 0.25) is 0 Å². The van der Waals surface area contributed by atoms with Crippen molar-refractivity contribution in [1.29, 1.82) is 0 Å². The van der Waals surface area contributed by atoms with Gasteiger partial charge >= 0.3 is 119 Å². The molecule has 0 spiro atoms. The van der Waals surface area contributed by atoms with E-state index < -0.39 is 27.2 Å². The zero-order valence-corrected chi connectivity index (χ0v) is 13.5. The molecule has 9 nitrogen and oxygen atoms in total. The molecule has 0 aliphatic heterocycles. The van der Waals surface area contributed by atoms with Crippen LogP contribution in [0.3, 0.4) is 0 Å². The monoisotopic (exact) mass is 306 g/mol. The first-order valence-corrected chi connectivity index (χ1v) is 5.91. The predicted molar refractivity (Wildman–Crippen MR) is 8.84 cm³/mol. The van der Waals surface area contributed by atoms with E-state index in [0.29, 0.717) is 0 Å². The molecule has 0 saturated heterocycles. The summed E-state index contributed by atoms with van der Waals surface area (Å²) in [5.41, 5.74) is 0. The Morgan fingerprint density at radius 2 is 1.00 bits per heavy atom. The number of hydrogen-bond acceptors (Lipinski definition) is 9. The summed E-state index contributed by atoms with van der Waals surface area (Å²) in [6.07, 6.45) is 0.250. The van der Waals surface area contributed by atoms with E-state index in [0.717, 1.165) is 0 Å². The van der Waals surface area contributed by atoms with Gasteiger partial charge in [-0.3, -0.25) is 0 Å². The molecule has 0 N–H and O–H groups in total. The van der Waals surface area contributed by atoms with Crippen LogP contribution >= 0.6 is 0 Å². The molecule has 0 heterocycles. The Balaban J connectivity index is -0.0000000891. The third-order valence-electron chi connectivity index (χ3n) is 0.167. The van der Waals surface area contributed by atoms with Gasteiger partial charge in [-0.05, 0) is 0 Å². The molecule has 0 atom stereocenters. The van der Waals surface area contributed by atoms with Crippen molar-refractivity contribution in [3.8, 4) is 0 Å². The second kappa shape index (κ2) is 11.0. The van der Waals surface area contributed by atoms with Gasteiger partial charge in [0.05, 0.1) is 0 Å². The van der Waals surface area contributed by atoms with Crippen LogP contribution in [-0.4, -0.2) is 6.15 Å². The Morgan fingerprint density at radius 3 is 1.00 bits per heavy atom. The van der Waals surface area contributed by atoms with Crippen LogP contribution < -0.4 is 67.4 Å². The zero-order chi connectivity index (χ0) is 10.4. The molecule has 0 fully saturated rings. The maximum absolute atomic E-state index is 9.38. The predicted octanol–water partition coefficient (Wildman–Crippen LogP) is -9.50. The van der Waals surface area contributed by atoms with Crippen LogP contribution in [0.4, 0.5) is 0 Å². The van der Waals surface area contributed by atoms with Crippen LogP contribution in [0.1, 0.15) is 0 Å². The van der Waals surface area contributed by atoms with Gasteiger partial charge in [-0.15, -0.1) is 0 Å². The third-order valence-corrected chi connectivity index (χ3v) is 2.83. The van der Waals surface area contributed by atoms with E-state index >= 15 is 0 Å². The molecular weight excluding hydrogens is 306 g/mol. The molecule has 0 aromatic carbocycles. The topological polar surface area (TPSA) is 158 Å². The number of hydrogen-bond donors (Lipinski definition) is 0.